The molecule has 17 heavy (non-hydrogen) atoms. The van der Waals surface area contributed by atoms with Crippen LogP contribution in [0, 0.1) is 0 Å². The number of hydrogen-bond acceptors (Lipinski definition) is 2. The maximum Gasteiger partial charge on any atom is 0.459 e. The molecule has 0 aromatic carbocycles. The van der Waals surface area contributed by atoms with E-state index >= 15 is 0 Å². The van der Waals surface area contributed by atoms with Crippen molar-refractivity contribution in [3.05, 3.63) is 11.4 Å². The van der Waals surface area contributed by atoms with Gasteiger partial charge in [-0.3, -0.25) is 0 Å². The fourth-order valence-corrected chi connectivity index (χ4v) is 1.03. The highest BCUT2D eigenvalue weighted by molar-refractivity contribution is 5.20. The van der Waals surface area contributed by atoms with Crippen LogP contribution in [0.1, 0.15) is 11.4 Å². The van der Waals surface area contributed by atoms with Gasteiger partial charge in [0.2, 0.25) is 0 Å². The van der Waals surface area contributed by atoms with Gasteiger partial charge in [0.1, 0.15) is 5.69 Å². The number of halogens is 8. The molecular formula is C6H3F8N3. The molecule has 1 rings (SSSR count). The summed E-state index contributed by atoms with van der Waals surface area (Å²) in [6, 6.07) is 0. The van der Waals surface area contributed by atoms with Gasteiger partial charge >= 0.3 is 18.3 Å². The topological polar surface area (TPSA) is 30.7 Å². The minimum Gasteiger partial charge on any atom is -0.245 e. The molecular weight excluding hydrogens is 266 g/mol. The molecule has 0 bridgehead atoms. The minimum atomic E-state index is -6.16. The Morgan fingerprint density at radius 2 is 1.41 bits per heavy atom. The number of alkyl halides is 8. The molecule has 0 fully saturated rings. The van der Waals surface area contributed by atoms with Crippen molar-refractivity contribution >= 4 is 0 Å². The van der Waals surface area contributed by atoms with Crippen molar-refractivity contribution < 1.29 is 35.1 Å². The van der Waals surface area contributed by atoms with Crippen molar-refractivity contribution in [2.24, 2.45) is 7.05 Å². The van der Waals surface area contributed by atoms with E-state index in [1.165, 1.54) is 0 Å². The van der Waals surface area contributed by atoms with Gasteiger partial charge in [0, 0.05) is 7.05 Å². The molecule has 1 aromatic heterocycles. The van der Waals surface area contributed by atoms with E-state index in [-0.39, 0.29) is 4.68 Å². The summed E-state index contributed by atoms with van der Waals surface area (Å²) in [4.78, 5) is 0. The molecule has 1 heterocycles. The maximum atomic E-state index is 12.8. The Hall–Kier alpha value is -1.42. The van der Waals surface area contributed by atoms with Crippen molar-refractivity contribution in [1.82, 2.24) is 15.0 Å². The van der Waals surface area contributed by atoms with Crippen LogP contribution in [-0.4, -0.2) is 21.2 Å². The van der Waals surface area contributed by atoms with E-state index in [0.717, 1.165) is 0 Å². The molecule has 0 saturated carbocycles. The Bertz CT molecular complexity index is 414. The monoisotopic (exact) mass is 269 g/mol. The Balaban J connectivity index is 3.47. The van der Waals surface area contributed by atoms with Crippen molar-refractivity contribution in [2.75, 3.05) is 0 Å². The average Bonchev–Trinajstić information content (AvgIpc) is 2.44. The zero-order chi connectivity index (χ0) is 13.6. The van der Waals surface area contributed by atoms with Crippen LogP contribution in [0.5, 0.6) is 0 Å². The Labute approximate surface area is 88.0 Å². The quantitative estimate of drug-likeness (QED) is 0.733. The molecule has 98 valence electrons. The summed E-state index contributed by atoms with van der Waals surface area (Å²) >= 11 is 0. The average molecular weight is 269 g/mol. The lowest BCUT2D eigenvalue weighted by Crippen LogP contribution is -2.37. The van der Waals surface area contributed by atoms with Crippen LogP contribution >= 0.6 is 0 Å². The van der Waals surface area contributed by atoms with Crippen LogP contribution in [0.25, 0.3) is 0 Å². The number of hydrogen-bond donors (Lipinski definition) is 0. The third-order valence-corrected chi connectivity index (χ3v) is 1.75. The molecule has 0 amide bonds. The van der Waals surface area contributed by atoms with E-state index < -0.39 is 29.7 Å². The maximum absolute atomic E-state index is 12.8. The summed E-state index contributed by atoms with van der Waals surface area (Å²) in [6.45, 7) is 0. The Morgan fingerprint density at radius 3 is 1.76 bits per heavy atom. The summed E-state index contributed by atoms with van der Waals surface area (Å²) in [5.41, 5.74) is -4.69. The number of aryl methyl sites for hydroxylation is 1. The Morgan fingerprint density at radius 1 is 0.941 bits per heavy atom. The van der Waals surface area contributed by atoms with Gasteiger partial charge in [0.15, 0.2) is 5.69 Å². The van der Waals surface area contributed by atoms with E-state index in [4.69, 9.17) is 0 Å². The first-order chi connectivity index (χ1) is 7.39. The van der Waals surface area contributed by atoms with Crippen LogP contribution < -0.4 is 0 Å². The first-order valence-electron chi connectivity index (χ1n) is 3.81. The second kappa shape index (κ2) is 3.53. The zero-order valence-electron chi connectivity index (χ0n) is 7.87. The van der Waals surface area contributed by atoms with Crippen LogP contribution in [0.3, 0.4) is 0 Å². The summed E-state index contributed by atoms with van der Waals surface area (Å²) in [7, 11) is 0.511. The van der Waals surface area contributed by atoms with Gasteiger partial charge in [-0.1, -0.05) is 5.21 Å². The van der Waals surface area contributed by atoms with Gasteiger partial charge in [-0.15, -0.1) is 5.10 Å². The lowest BCUT2D eigenvalue weighted by Gasteiger charge is -2.20. The number of nitrogens with zero attached hydrogens (tertiary/aromatic N) is 3. The highest BCUT2D eigenvalue weighted by atomic mass is 19.4. The van der Waals surface area contributed by atoms with Crippen molar-refractivity contribution in [3.63, 3.8) is 0 Å². The molecule has 0 aliphatic heterocycles. The summed E-state index contributed by atoms with van der Waals surface area (Å²) in [5, 5.41) is 4.80. The van der Waals surface area contributed by atoms with Crippen LogP contribution in [0.15, 0.2) is 0 Å². The molecule has 0 saturated heterocycles. The summed E-state index contributed by atoms with van der Waals surface area (Å²) in [5.74, 6) is -5.68. The normalized spacial score (nSPS) is 14.2. The summed E-state index contributed by atoms with van der Waals surface area (Å²) < 4.78 is 97.8. The van der Waals surface area contributed by atoms with E-state index in [1.54, 1.807) is 0 Å². The fourth-order valence-electron chi connectivity index (χ4n) is 1.03. The third-order valence-electron chi connectivity index (χ3n) is 1.75. The largest absolute Gasteiger partial charge is 0.459 e. The SMILES string of the molecule is Cn1nnc(C(F)(F)F)c1C(F)(F)C(F)(F)F. The molecule has 0 aliphatic rings. The highest BCUT2D eigenvalue weighted by Gasteiger charge is 2.64. The van der Waals surface area contributed by atoms with Gasteiger partial charge < -0.3 is 0 Å². The predicted molar refractivity (Wildman–Crippen MR) is 36.0 cm³/mol. The lowest BCUT2D eigenvalue weighted by atomic mass is 10.1. The van der Waals surface area contributed by atoms with E-state index in [2.05, 4.69) is 10.3 Å². The van der Waals surface area contributed by atoms with E-state index in [9.17, 15) is 35.1 Å². The second-order valence-corrected chi connectivity index (χ2v) is 2.98. The van der Waals surface area contributed by atoms with Gasteiger partial charge in [0.25, 0.3) is 0 Å². The van der Waals surface area contributed by atoms with Gasteiger partial charge in [-0.05, 0) is 0 Å². The predicted octanol–water partition coefficient (Wildman–Crippen LogP) is 2.49. The van der Waals surface area contributed by atoms with E-state index in [1.807, 2.05) is 0 Å². The molecule has 0 N–H and O–H groups in total. The van der Waals surface area contributed by atoms with Gasteiger partial charge in [-0.25, -0.2) is 4.68 Å². The van der Waals surface area contributed by atoms with Crippen LogP contribution in [0.2, 0.25) is 0 Å². The first kappa shape index (κ1) is 13.6. The Kier molecular flexibility index (Phi) is 2.84. The molecule has 0 atom stereocenters. The molecule has 0 aliphatic carbocycles. The molecule has 1 aromatic rings. The molecule has 0 radical (unpaired) electrons. The molecule has 0 unspecified atom stereocenters. The zero-order valence-corrected chi connectivity index (χ0v) is 7.87. The van der Waals surface area contributed by atoms with Gasteiger partial charge in [-0.2, -0.15) is 35.1 Å². The lowest BCUT2D eigenvalue weighted by molar-refractivity contribution is -0.293. The molecule has 0 spiro atoms. The van der Waals surface area contributed by atoms with Crippen molar-refractivity contribution in [3.8, 4) is 0 Å². The van der Waals surface area contributed by atoms with Crippen LogP contribution in [0.4, 0.5) is 35.1 Å². The second-order valence-electron chi connectivity index (χ2n) is 2.98. The summed E-state index contributed by atoms with van der Waals surface area (Å²) in [6.07, 6.45) is -11.6. The molecule has 11 heteroatoms. The number of rotatable bonds is 1. The smallest absolute Gasteiger partial charge is 0.245 e. The van der Waals surface area contributed by atoms with Gasteiger partial charge in [0.05, 0.1) is 0 Å². The number of aromatic nitrogens is 3. The van der Waals surface area contributed by atoms with Crippen molar-refractivity contribution in [1.29, 1.82) is 0 Å². The van der Waals surface area contributed by atoms with Crippen LogP contribution in [-0.2, 0) is 19.1 Å². The molecule has 3 nitrogen and oxygen atoms in total. The highest BCUT2D eigenvalue weighted by Crippen LogP contribution is 2.47. The third kappa shape index (κ3) is 2.17. The van der Waals surface area contributed by atoms with Crippen molar-refractivity contribution in [2.45, 2.75) is 18.3 Å². The minimum absolute atomic E-state index is 0.254. The standard InChI is InChI=1S/C6H3F8N3/c1-17-3(4(7,8)6(12,13)14)2(15-16-17)5(9,10)11/h1H3. The fraction of sp³-hybridized carbons (Fsp3) is 0.667. The van der Waals surface area contributed by atoms with E-state index in [0.29, 0.717) is 7.05 Å². The first-order valence-corrected chi connectivity index (χ1v) is 3.81.